The second-order valence-corrected chi connectivity index (χ2v) is 3.35. The Bertz CT molecular complexity index is 323. The van der Waals surface area contributed by atoms with Gasteiger partial charge in [-0.1, -0.05) is 17.7 Å². The standard InChI is InChI=1S/C10H12ClNO/c1-7-3-4-8(11)5-9(7)10(13)6-12-2/h3-5,12H,6H2,1-2H3. The first-order valence-electron chi connectivity index (χ1n) is 4.09. The maximum Gasteiger partial charge on any atom is 0.176 e. The van der Waals surface area contributed by atoms with Crippen LogP contribution in [0.25, 0.3) is 0 Å². The van der Waals surface area contributed by atoms with Gasteiger partial charge in [-0.05, 0) is 31.7 Å². The van der Waals surface area contributed by atoms with Gasteiger partial charge in [0.1, 0.15) is 0 Å². The van der Waals surface area contributed by atoms with Crippen LogP contribution in [-0.2, 0) is 0 Å². The molecule has 1 aromatic rings. The lowest BCUT2D eigenvalue weighted by Gasteiger charge is -2.04. The van der Waals surface area contributed by atoms with Crippen molar-refractivity contribution < 1.29 is 4.79 Å². The Morgan fingerprint density at radius 2 is 2.23 bits per heavy atom. The van der Waals surface area contributed by atoms with Crippen molar-refractivity contribution in [3.63, 3.8) is 0 Å². The molecule has 0 aliphatic carbocycles. The Morgan fingerprint density at radius 3 is 2.85 bits per heavy atom. The number of carbonyl (C=O) groups excluding carboxylic acids is 1. The van der Waals surface area contributed by atoms with E-state index in [1.54, 1.807) is 19.2 Å². The first kappa shape index (κ1) is 10.2. The lowest BCUT2D eigenvalue weighted by molar-refractivity contribution is 0.0993. The van der Waals surface area contributed by atoms with Crippen molar-refractivity contribution in [2.24, 2.45) is 0 Å². The highest BCUT2D eigenvalue weighted by Gasteiger charge is 2.07. The van der Waals surface area contributed by atoms with Gasteiger partial charge in [0.2, 0.25) is 0 Å². The summed E-state index contributed by atoms with van der Waals surface area (Å²) < 4.78 is 0. The minimum absolute atomic E-state index is 0.0718. The first-order valence-corrected chi connectivity index (χ1v) is 4.47. The third-order valence-electron chi connectivity index (χ3n) is 1.84. The van der Waals surface area contributed by atoms with E-state index in [1.165, 1.54) is 0 Å². The van der Waals surface area contributed by atoms with E-state index < -0.39 is 0 Å². The Hall–Kier alpha value is -0.860. The van der Waals surface area contributed by atoms with Crippen LogP contribution in [0.2, 0.25) is 5.02 Å². The normalized spacial score (nSPS) is 10.1. The molecule has 3 heteroatoms. The molecule has 1 aromatic carbocycles. The molecule has 70 valence electrons. The van der Waals surface area contributed by atoms with Crippen molar-refractivity contribution in [1.29, 1.82) is 0 Å². The fourth-order valence-electron chi connectivity index (χ4n) is 1.15. The van der Waals surface area contributed by atoms with Gasteiger partial charge in [0.05, 0.1) is 6.54 Å². The molecular weight excluding hydrogens is 186 g/mol. The molecule has 1 rings (SSSR count). The van der Waals surface area contributed by atoms with Crippen LogP contribution >= 0.6 is 11.6 Å². The van der Waals surface area contributed by atoms with E-state index >= 15 is 0 Å². The van der Waals surface area contributed by atoms with Crippen molar-refractivity contribution in [2.45, 2.75) is 6.92 Å². The highest BCUT2D eigenvalue weighted by molar-refractivity contribution is 6.31. The molecular formula is C10H12ClNO. The molecule has 0 fully saturated rings. The van der Waals surface area contributed by atoms with Gasteiger partial charge in [-0.3, -0.25) is 4.79 Å². The Kier molecular flexibility index (Phi) is 3.46. The molecule has 0 unspecified atom stereocenters. The molecule has 0 amide bonds. The van der Waals surface area contributed by atoms with Crippen molar-refractivity contribution in [1.82, 2.24) is 5.32 Å². The van der Waals surface area contributed by atoms with Gasteiger partial charge in [-0.2, -0.15) is 0 Å². The lowest BCUT2D eigenvalue weighted by Crippen LogP contribution is -2.19. The number of aryl methyl sites for hydroxylation is 1. The predicted octanol–water partition coefficient (Wildman–Crippen LogP) is 2.05. The van der Waals surface area contributed by atoms with Crippen molar-refractivity contribution in [2.75, 3.05) is 13.6 Å². The third kappa shape index (κ3) is 2.54. The lowest BCUT2D eigenvalue weighted by atomic mass is 10.1. The molecule has 1 N–H and O–H groups in total. The maximum absolute atomic E-state index is 11.5. The quantitative estimate of drug-likeness (QED) is 0.752. The summed E-state index contributed by atoms with van der Waals surface area (Å²) in [6.45, 7) is 2.25. The molecule has 0 aliphatic heterocycles. The molecule has 0 bridgehead atoms. The number of benzene rings is 1. The smallest absolute Gasteiger partial charge is 0.176 e. The second-order valence-electron chi connectivity index (χ2n) is 2.91. The third-order valence-corrected chi connectivity index (χ3v) is 2.07. The number of nitrogens with one attached hydrogen (secondary N) is 1. The van der Waals surface area contributed by atoms with Crippen LogP contribution in [0.1, 0.15) is 15.9 Å². The van der Waals surface area contributed by atoms with Gasteiger partial charge in [-0.15, -0.1) is 0 Å². The summed E-state index contributed by atoms with van der Waals surface area (Å²) in [6, 6.07) is 5.34. The van der Waals surface area contributed by atoms with E-state index in [0.717, 1.165) is 5.56 Å². The largest absolute Gasteiger partial charge is 0.313 e. The number of halogens is 1. The molecule has 0 atom stereocenters. The summed E-state index contributed by atoms with van der Waals surface area (Å²) in [6.07, 6.45) is 0. The van der Waals surface area contributed by atoms with E-state index in [-0.39, 0.29) is 5.78 Å². The minimum Gasteiger partial charge on any atom is -0.313 e. The molecule has 13 heavy (non-hydrogen) atoms. The molecule has 0 saturated carbocycles. The Morgan fingerprint density at radius 1 is 1.54 bits per heavy atom. The number of carbonyl (C=O) groups is 1. The zero-order chi connectivity index (χ0) is 9.84. The molecule has 2 nitrogen and oxygen atoms in total. The average molecular weight is 198 g/mol. The number of Topliss-reactive ketones (excluding diaryl/α,β-unsaturated/α-hetero) is 1. The highest BCUT2D eigenvalue weighted by Crippen LogP contribution is 2.15. The zero-order valence-corrected chi connectivity index (χ0v) is 8.48. The van der Waals surface area contributed by atoms with E-state index in [0.29, 0.717) is 17.1 Å². The van der Waals surface area contributed by atoms with Crippen LogP contribution in [0.15, 0.2) is 18.2 Å². The van der Waals surface area contributed by atoms with E-state index in [1.807, 2.05) is 13.0 Å². The van der Waals surface area contributed by atoms with E-state index in [2.05, 4.69) is 5.32 Å². The number of hydrogen-bond donors (Lipinski definition) is 1. The van der Waals surface area contributed by atoms with Gasteiger partial charge >= 0.3 is 0 Å². The number of hydrogen-bond acceptors (Lipinski definition) is 2. The molecule has 0 spiro atoms. The summed E-state index contributed by atoms with van der Waals surface area (Å²) in [4.78, 5) is 11.5. The van der Waals surface area contributed by atoms with E-state index in [9.17, 15) is 4.79 Å². The van der Waals surface area contributed by atoms with Gasteiger partial charge in [-0.25, -0.2) is 0 Å². The fourth-order valence-corrected chi connectivity index (χ4v) is 1.32. The Labute approximate surface area is 82.9 Å². The van der Waals surface area contributed by atoms with Crippen LogP contribution in [0.4, 0.5) is 0 Å². The topological polar surface area (TPSA) is 29.1 Å². The molecule has 0 aromatic heterocycles. The van der Waals surface area contributed by atoms with Crippen LogP contribution in [0, 0.1) is 6.92 Å². The van der Waals surface area contributed by atoms with Crippen molar-refractivity contribution in [3.05, 3.63) is 34.3 Å². The zero-order valence-electron chi connectivity index (χ0n) is 7.73. The van der Waals surface area contributed by atoms with Gasteiger partial charge in [0, 0.05) is 10.6 Å². The fraction of sp³-hybridized carbons (Fsp3) is 0.300. The molecule has 0 aliphatic rings. The van der Waals surface area contributed by atoms with Gasteiger partial charge < -0.3 is 5.32 Å². The molecule has 0 radical (unpaired) electrons. The summed E-state index contributed by atoms with van der Waals surface area (Å²) >= 11 is 5.79. The monoisotopic (exact) mass is 197 g/mol. The maximum atomic E-state index is 11.5. The van der Waals surface area contributed by atoms with E-state index in [4.69, 9.17) is 11.6 Å². The first-order chi connectivity index (χ1) is 6.15. The number of likely N-dealkylation sites (N-methyl/N-ethyl adjacent to an activating group) is 1. The second kappa shape index (κ2) is 4.40. The van der Waals surface area contributed by atoms with Crippen LogP contribution in [0.3, 0.4) is 0 Å². The summed E-state index contributed by atoms with van der Waals surface area (Å²) in [7, 11) is 1.75. The summed E-state index contributed by atoms with van der Waals surface area (Å²) in [5.41, 5.74) is 1.66. The summed E-state index contributed by atoms with van der Waals surface area (Å²) in [5.74, 6) is 0.0718. The van der Waals surface area contributed by atoms with Crippen LogP contribution in [0.5, 0.6) is 0 Å². The number of ketones is 1. The average Bonchev–Trinajstić information content (AvgIpc) is 2.09. The van der Waals surface area contributed by atoms with Crippen LogP contribution < -0.4 is 5.32 Å². The summed E-state index contributed by atoms with van der Waals surface area (Å²) in [5, 5.41) is 3.42. The molecule has 0 saturated heterocycles. The Balaban J connectivity index is 2.99. The molecule has 0 heterocycles. The van der Waals surface area contributed by atoms with Gasteiger partial charge in [0.25, 0.3) is 0 Å². The van der Waals surface area contributed by atoms with Gasteiger partial charge in [0.15, 0.2) is 5.78 Å². The van der Waals surface area contributed by atoms with Crippen molar-refractivity contribution in [3.8, 4) is 0 Å². The predicted molar refractivity (Wildman–Crippen MR) is 54.4 cm³/mol. The number of rotatable bonds is 3. The van der Waals surface area contributed by atoms with Crippen LogP contribution in [-0.4, -0.2) is 19.4 Å². The SMILES string of the molecule is CNCC(=O)c1cc(Cl)ccc1C. The minimum atomic E-state index is 0.0718. The highest BCUT2D eigenvalue weighted by atomic mass is 35.5. The van der Waals surface area contributed by atoms with Crippen molar-refractivity contribution >= 4 is 17.4 Å².